The molecule has 136 valence electrons. The molecule has 0 fully saturated rings. The van der Waals surface area contributed by atoms with Crippen LogP contribution in [0.15, 0.2) is 29.6 Å². The number of rotatable bonds is 11. The molecule has 0 bridgehead atoms. The number of hydrogen-bond acceptors (Lipinski definition) is 3. The van der Waals surface area contributed by atoms with Gasteiger partial charge in [0.25, 0.3) is 0 Å². The summed E-state index contributed by atoms with van der Waals surface area (Å²) in [5.74, 6) is -0.246. The molecule has 1 N–H and O–H groups in total. The van der Waals surface area contributed by atoms with Crippen LogP contribution >= 0.6 is 11.3 Å². The molecule has 0 saturated heterocycles. The molecule has 2 aromatic rings. The van der Waals surface area contributed by atoms with Crippen molar-refractivity contribution >= 4 is 22.4 Å². The molecule has 25 heavy (non-hydrogen) atoms. The van der Waals surface area contributed by atoms with Crippen LogP contribution in [0.4, 0.5) is 9.52 Å². The van der Waals surface area contributed by atoms with E-state index in [1.54, 1.807) is 12.1 Å². The highest BCUT2D eigenvalue weighted by atomic mass is 32.1. The maximum absolute atomic E-state index is 13.0. The van der Waals surface area contributed by atoms with Gasteiger partial charge in [0, 0.05) is 17.4 Å². The van der Waals surface area contributed by atoms with Crippen LogP contribution < -0.4 is 5.32 Å². The largest absolute Gasteiger partial charge is 0.302 e. The number of carbonyl (C=O) groups excluding carboxylic acids is 1. The number of nitrogens with zero attached hydrogens (tertiary/aromatic N) is 1. The lowest BCUT2D eigenvalue weighted by Gasteiger charge is -2.03. The number of hydrogen-bond donors (Lipinski definition) is 1. The maximum atomic E-state index is 13.0. The van der Waals surface area contributed by atoms with Crippen molar-refractivity contribution in [3.8, 4) is 11.3 Å². The van der Waals surface area contributed by atoms with Crippen molar-refractivity contribution in [3.05, 3.63) is 35.5 Å². The van der Waals surface area contributed by atoms with Gasteiger partial charge in [0.1, 0.15) is 5.82 Å². The highest BCUT2D eigenvalue weighted by molar-refractivity contribution is 7.14. The van der Waals surface area contributed by atoms with Gasteiger partial charge in [-0.05, 0) is 30.7 Å². The van der Waals surface area contributed by atoms with Gasteiger partial charge in [-0.3, -0.25) is 4.79 Å². The van der Waals surface area contributed by atoms with Crippen molar-refractivity contribution in [2.75, 3.05) is 5.32 Å². The first kappa shape index (κ1) is 19.6. The van der Waals surface area contributed by atoms with E-state index in [0.29, 0.717) is 11.6 Å². The van der Waals surface area contributed by atoms with Crippen LogP contribution in [-0.2, 0) is 4.79 Å². The van der Waals surface area contributed by atoms with Gasteiger partial charge >= 0.3 is 0 Å². The molecule has 0 aliphatic carbocycles. The van der Waals surface area contributed by atoms with E-state index in [1.807, 2.05) is 5.38 Å². The zero-order valence-electron chi connectivity index (χ0n) is 14.9. The molecule has 0 unspecified atom stereocenters. The van der Waals surface area contributed by atoms with Gasteiger partial charge in [-0.1, -0.05) is 51.9 Å². The second-order valence-electron chi connectivity index (χ2n) is 6.32. The van der Waals surface area contributed by atoms with Crippen LogP contribution in [0, 0.1) is 5.82 Å². The van der Waals surface area contributed by atoms with E-state index in [4.69, 9.17) is 0 Å². The SMILES string of the molecule is CCCCCCCCCCC(=O)Nc1nc(-c2ccc(F)cc2)cs1. The summed E-state index contributed by atoms with van der Waals surface area (Å²) in [6.07, 6.45) is 10.3. The molecule has 0 aliphatic heterocycles. The van der Waals surface area contributed by atoms with E-state index in [1.165, 1.54) is 62.0 Å². The summed E-state index contributed by atoms with van der Waals surface area (Å²) in [7, 11) is 0. The monoisotopic (exact) mass is 362 g/mol. The number of benzene rings is 1. The van der Waals surface area contributed by atoms with Gasteiger partial charge in [0.05, 0.1) is 5.69 Å². The smallest absolute Gasteiger partial charge is 0.226 e. The van der Waals surface area contributed by atoms with Gasteiger partial charge in [-0.2, -0.15) is 0 Å². The van der Waals surface area contributed by atoms with E-state index >= 15 is 0 Å². The zero-order valence-corrected chi connectivity index (χ0v) is 15.7. The molecule has 0 radical (unpaired) electrons. The Morgan fingerprint density at radius 2 is 1.68 bits per heavy atom. The van der Waals surface area contributed by atoms with Gasteiger partial charge in [0.2, 0.25) is 5.91 Å². The number of anilines is 1. The Balaban J connectivity index is 1.65. The lowest BCUT2D eigenvalue weighted by Crippen LogP contribution is -2.10. The first-order chi connectivity index (χ1) is 12.2. The average molecular weight is 363 g/mol. The second kappa shape index (κ2) is 11.0. The summed E-state index contributed by atoms with van der Waals surface area (Å²) in [6, 6.07) is 6.21. The van der Waals surface area contributed by atoms with Crippen LogP contribution in [0.5, 0.6) is 0 Å². The molecular weight excluding hydrogens is 335 g/mol. The Hall–Kier alpha value is -1.75. The predicted octanol–water partition coefficient (Wildman–Crippen LogP) is 6.42. The molecule has 5 heteroatoms. The third-order valence-electron chi connectivity index (χ3n) is 4.15. The van der Waals surface area contributed by atoms with Gasteiger partial charge in [-0.25, -0.2) is 9.37 Å². The summed E-state index contributed by atoms with van der Waals surface area (Å²) < 4.78 is 13.0. The number of thiazole rings is 1. The van der Waals surface area contributed by atoms with Crippen molar-refractivity contribution in [2.24, 2.45) is 0 Å². The lowest BCUT2D eigenvalue weighted by molar-refractivity contribution is -0.116. The molecular formula is C20H27FN2OS. The highest BCUT2D eigenvalue weighted by Gasteiger charge is 2.08. The Bertz CT molecular complexity index is 639. The molecule has 2 rings (SSSR count). The molecule has 0 aliphatic rings. The van der Waals surface area contributed by atoms with Crippen LogP contribution in [0.25, 0.3) is 11.3 Å². The van der Waals surface area contributed by atoms with E-state index < -0.39 is 0 Å². The van der Waals surface area contributed by atoms with Crippen LogP contribution in [0.1, 0.15) is 64.7 Å². The number of aromatic nitrogens is 1. The molecule has 0 saturated carbocycles. The first-order valence-corrected chi connectivity index (χ1v) is 10.1. The van der Waals surface area contributed by atoms with Gasteiger partial charge < -0.3 is 5.32 Å². The lowest BCUT2D eigenvalue weighted by atomic mass is 10.1. The number of unbranched alkanes of at least 4 members (excludes halogenated alkanes) is 7. The average Bonchev–Trinajstić information content (AvgIpc) is 3.06. The standard InChI is InChI=1S/C20H27FN2OS/c1-2-3-4-5-6-7-8-9-10-19(24)23-20-22-18(15-25-20)16-11-13-17(21)14-12-16/h11-15H,2-10H2,1H3,(H,22,23,24). The van der Waals surface area contributed by atoms with Crippen molar-refractivity contribution in [3.63, 3.8) is 0 Å². The number of amides is 1. The predicted molar refractivity (Wildman–Crippen MR) is 103 cm³/mol. The highest BCUT2D eigenvalue weighted by Crippen LogP contribution is 2.25. The molecule has 1 heterocycles. The molecule has 1 aromatic carbocycles. The molecule has 3 nitrogen and oxygen atoms in total. The Morgan fingerprint density at radius 1 is 1.04 bits per heavy atom. The van der Waals surface area contributed by atoms with Crippen LogP contribution in [-0.4, -0.2) is 10.9 Å². The molecule has 0 spiro atoms. The summed E-state index contributed by atoms with van der Waals surface area (Å²) in [5, 5.41) is 5.33. The zero-order chi connectivity index (χ0) is 17.9. The number of halogens is 1. The van der Waals surface area contributed by atoms with Crippen LogP contribution in [0.3, 0.4) is 0 Å². The Kier molecular flexibility index (Phi) is 8.60. The fourth-order valence-corrected chi connectivity index (χ4v) is 3.42. The van der Waals surface area contributed by atoms with E-state index in [0.717, 1.165) is 24.1 Å². The molecule has 0 atom stereocenters. The Morgan fingerprint density at radius 3 is 2.36 bits per heavy atom. The summed E-state index contributed by atoms with van der Waals surface area (Å²) in [6.45, 7) is 2.23. The number of carbonyl (C=O) groups is 1. The minimum Gasteiger partial charge on any atom is -0.302 e. The van der Waals surface area contributed by atoms with Crippen molar-refractivity contribution in [1.82, 2.24) is 4.98 Å². The molecule has 1 aromatic heterocycles. The normalized spacial score (nSPS) is 10.8. The number of nitrogens with one attached hydrogen (secondary N) is 1. The topological polar surface area (TPSA) is 42.0 Å². The van der Waals surface area contributed by atoms with Gasteiger partial charge in [0.15, 0.2) is 5.13 Å². The third kappa shape index (κ3) is 7.34. The quantitative estimate of drug-likeness (QED) is 0.469. The van der Waals surface area contributed by atoms with Gasteiger partial charge in [-0.15, -0.1) is 11.3 Å². The minimum atomic E-state index is -0.266. The van der Waals surface area contributed by atoms with E-state index in [2.05, 4.69) is 17.2 Å². The molecule has 1 amide bonds. The summed E-state index contributed by atoms with van der Waals surface area (Å²) >= 11 is 1.40. The third-order valence-corrected chi connectivity index (χ3v) is 4.91. The fourth-order valence-electron chi connectivity index (χ4n) is 2.69. The fraction of sp³-hybridized carbons (Fsp3) is 0.500. The van der Waals surface area contributed by atoms with Crippen molar-refractivity contribution in [2.45, 2.75) is 64.7 Å². The first-order valence-electron chi connectivity index (χ1n) is 9.20. The summed E-state index contributed by atoms with van der Waals surface area (Å²) in [4.78, 5) is 16.4. The minimum absolute atomic E-state index is 0.0194. The summed E-state index contributed by atoms with van der Waals surface area (Å²) in [5.41, 5.74) is 1.61. The Labute approximate surface area is 153 Å². The second-order valence-corrected chi connectivity index (χ2v) is 7.18. The van der Waals surface area contributed by atoms with Crippen molar-refractivity contribution < 1.29 is 9.18 Å². The van der Waals surface area contributed by atoms with Crippen LogP contribution in [0.2, 0.25) is 0 Å². The van der Waals surface area contributed by atoms with E-state index in [9.17, 15) is 9.18 Å². The van der Waals surface area contributed by atoms with E-state index in [-0.39, 0.29) is 11.7 Å². The van der Waals surface area contributed by atoms with Crippen molar-refractivity contribution in [1.29, 1.82) is 0 Å². The maximum Gasteiger partial charge on any atom is 0.226 e.